The summed E-state index contributed by atoms with van der Waals surface area (Å²) >= 11 is 0. The lowest BCUT2D eigenvalue weighted by Crippen LogP contribution is -2.36. The Hall–Kier alpha value is -5.51. The van der Waals surface area contributed by atoms with Gasteiger partial charge in [0, 0.05) is 23.6 Å². The molecule has 10 heteroatoms. The maximum atomic E-state index is 13.8. The van der Waals surface area contributed by atoms with Crippen LogP contribution in [0.4, 0.5) is 5.82 Å². The highest BCUT2D eigenvalue weighted by Gasteiger charge is 2.43. The molecular formula is C34H28N4O6. The average molecular weight is 589 g/mol. The van der Waals surface area contributed by atoms with Crippen LogP contribution in [-0.4, -0.2) is 44.8 Å². The number of ketones is 1. The first kappa shape index (κ1) is 27.3. The monoisotopic (exact) mass is 588 g/mol. The molecule has 0 unspecified atom stereocenters. The molecule has 2 aliphatic heterocycles. The molecule has 0 saturated carbocycles. The van der Waals surface area contributed by atoms with Crippen molar-refractivity contribution in [3.05, 3.63) is 123 Å². The third kappa shape index (κ3) is 4.46. The molecule has 4 aromatic rings. The number of H-pyrrole nitrogens is 1. The summed E-state index contributed by atoms with van der Waals surface area (Å²) in [6.07, 6.45) is 0.986. The molecule has 44 heavy (non-hydrogen) atoms. The molecule has 7 rings (SSSR count). The number of ether oxygens (including phenoxy) is 1. The number of hydrogen-bond donors (Lipinski definition) is 2. The zero-order chi connectivity index (χ0) is 30.7. The van der Waals surface area contributed by atoms with E-state index in [1.54, 1.807) is 48.5 Å². The number of aromatic nitrogens is 2. The number of carbonyl (C=O) groups is 4. The summed E-state index contributed by atoms with van der Waals surface area (Å²) in [6, 6.07) is 22.2. The Morgan fingerprint density at radius 1 is 0.864 bits per heavy atom. The Labute approximate surface area is 251 Å². The number of fused-ring (bicyclic) bond motifs is 2. The molecule has 3 aliphatic rings. The smallest absolute Gasteiger partial charge is 0.331 e. The second kappa shape index (κ2) is 10.0. The van der Waals surface area contributed by atoms with Gasteiger partial charge in [-0.15, -0.1) is 0 Å². The van der Waals surface area contributed by atoms with Crippen LogP contribution in [0.25, 0.3) is 5.69 Å². The molecule has 2 N–H and O–H groups in total. The van der Waals surface area contributed by atoms with Crippen molar-refractivity contribution in [3.63, 3.8) is 0 Å². The van der Waals surface area contributed by atoms with Crippen LogP contribution in [0.1, 0.15) is 64.4 Å². The largest absolute Gasteiger partial charge is 0.425 e. The summed E-state index contributed by atoms with van der Waals surface area (Å²) in [5, 5.41) is 6.55. The van der Waals surface area contributed by atoms with Crippen LogP contribution in [-0.2, 0) is 9.59 Å². The van der Waals surface area contributed by atoms with Crippen LogP contribution in [0.5, 0.6) is 5.75 Å². The van der Waals surface area contributed by atoms with Gasteiger partial charge in [-0.2, -0.15) is 0 Å². The van der Waals surface area contributed by atoms with Crippen molar-refractivity contribution in [2.24, 2.45) is 5.41 Å². The van der Waals surface area contributed by atoms with Crippen molar-refractivity contribution in [1.29, 1.82) is 0 Å². The lowest BCUT2D eigenvalue weighted by atomic mass is 9.69. The van der Waals surface area contributed by atoms with Gasteiger partial charge in [-0.1, -0.05) is 56.3 Å². The molecule has 0 fully saturated rings. The van der Waals surface area contributed by atoms with Gasteiger partial charge < -0.3 is 10.1 Å². The molecule has 3 heterocycles. The van der Waals surface area contributed by atoms with Gasteiger partial charge in [-0.25, -0.2) is 9.48 Å². The molecular weight excluding hydrogens is 560 g/mol. The third-order valence-electron chi connectivity index (χ3n) is 8.32. The predicted octanol–water partition coefficient (Wildman–Crippen LogP) is 4.57. The summed E-state index contributed by atoms with van der Waals surface area (Å²) in [5.74, 6) is -1.80. The molecule has 220 valence electrons. The van der Waals surface area contributed by atoms with Crippen molar-refractivity contribution in [1.82, 2.24) is 14.7 Å². The topological polar surface area (TPSA) is 131 Å². The zero-order valence-electron chi connectivity index (χ0n) is 24.0. The number of amides is 2. The first-order valence-corrected chi connectivity index (χ1v) is 14.3. The number of benzene rings is 3. The summed E-state index contributed by atoms with van der Waals surface area (Å²) in [4.78, 5) is 66.4. The molecule has 0 bridgehead atoms. The molecule has 10 nitrogen and oxygen atoms in total. The quantitative estimate of drug-likeness (QED) is 0.198. The number of nitrogens with one attached hydrogen (secondary N) is 2. The van der Waals surface area contributed by atoms with Crippen LogP contribution in [0.3, 0.4) is 0 Å². The average Bonchev–Trinajstić information content (AvgIpc) is 3.45. The van der Waals surface area contributed by atoms with Gasteiger partial charge in [0.15, 0.2) is 5.78 Å². The van der Waals surface area contributed by atoms with Gasteiger partial charge in [0.05, 0.1) is 22.4 Å². The van der Waals surface area contributed by atoms with Crippen LogP contribution in [0, 0.1) is 5.41 Å². The highest BCUT2D eigenvalue weighted by atomic mass is 16.5. The van der Waals surface area contributed by atoms with Crippen molar-refractivity contribution < 1.29 is 23.9 Å². The number of nitrogens with zero attached hydrogens (tertiary/aromatic N) is 2. The van der Waals surface area contributed by atoms with E-state index in [0.717, 1.165) is 10.6 Å². The van der Waals surface area contributed by atoms with Crippen LogP contribution in [0.15, 0.2) is 94.9 Å². The van der Waals surface area contributed by atoms with E-state index in [4.69, 9.17) is 4.74 Å². The fraction of sp³-hybridized carbons (Fsp3) is 0.206. The molecule has 1 atom stereocenters. The van der Waals surface area contributed by atoms with Gasteiger partial charge in [0.25, 0.3) is 17.4 Å². The van der Waals surface area contributed by atoms with E-state index >= 15 is 0 Å². The van der Waals surface area contributed by atoms with E-state index in [9.17, 15) is 24.0 Å². The maximum Gasteiger partial charge on any atom is 0.331 e. The first-order valence-electron chi connectivity index (χ1n) is 14.3. The maximum absolute atomic E-state index is 13.8. The molecule has 3 aromatic carbocycles. The number of rotatable bonds is 5. The van der Waals surface area contributed by atoms with Crippen molar-refractivity contribution in [2.75, 3.05) is 11.9 Å². The molecule has 0 saturated heterocycles. The van der Waals surface area contributed by atoms with Gasteiger partial charge in [0.2, 0.25) is 0 Å². The minimum Gasteiger partial charge on any atom is -0.425 e. The van der Waals surface area contributed by atoms with E-state index in [2.05, 4.69) is 10.4 Å². The summed E-state index contributed by atoms with van der Waals surface area (Å²) in [7, 11) is 0. The lowest BCUT2D eigenvalue weighted by molar-refractivity contribution is -0.134. The van der Waals surface area contributed by atoms with Crippen molar-refractivity contribution >= 4 is 29.4 Å². The van der Waals surface area contributed by atoms with Gasteiger partial charge in [-0.05, 0) is 53.8 Å². The van der Waals surface area contributed by atoms with E-state index in [0.29, 0.717) is 41.0 Å². The number of para-hydroxylation sites is 1. The van der Waals surface area contributed by atoms with Crippen molar-refractivity contribution in [3.8, 4) is 11.4 Å². The van der Waals surface area contributed by atoms with Crippen molar-refractivity contribution in [2.45, 2.75) is 32.6 Å². The van der Waals surface area contributed by atoms with Gasteiger partial charge >= 0.3 is 5.97 Å². The Morgan fingerprint density at radius 2 is 1.50 bits per heavy atom. The predicted molar refractivity (Wildman–Crippen MR) is 161 cm³/mol. The number of carbonyl (C=O) groups excluding carboxylic acids is 4. The number of imide groups is 1. The minimum absolute atomic E-state index is 0.0253. The number of hydrogen-bond acceptors (Lipinski definition) is 7. The number of aromatic amines is 1. The Morgan fingerprint density at radius 3 is 2.16 bits per heavy atom. The summed E-state index contributed by atoms with van der Waals surface area (Å²) in [6.45, 7) is 3.56. The number of Topliss-reactive ketones (excluding diaryl/α,β-unsaturated/α-hetero) is 1. The molecule has 1 aliphatic carbocycles. The van der Waals surface area contributed by atoms with E-state index < -0.39 is 30.2 Å². The molecule has 1 aromatic heterocycles. The number of esters is 1. The number of anilines is 1. The zero-order valence-corrected chi connectivity index (χ0v) is 24.0. The van der Waals surface area contributed by atoms with E-state index in [-0.39, 0.29) is 33.6 Å². The van der Waals surface area contributed by atoms with E-state index in [1.165, 1.54) is 4.68 Å². The fourth-order valence-electron chi connectivity index (χ4n) is 6.39. The normalized spacial score (nSPS) is 18.5. The fourth-order valence-corrected chi connectivity index (χ4v) is 6.39. The number of allylic oxidation sites excluding steroid dienone is 2. The van der Waals surface area contributed by atoms with E-state index in [1.807, 2.05) is 44.2 Å². The molecule has 0 spiro atoms. The highest BCUT2D eigenvalue weighted by Crippen LogP contribution is 2.48. The molecule has 2 amide bonds. The Balaban J connectivity index is 1.19. The van der Waals surface area contributed by atoms with Crippen LogP contribution < -0.4 is 15.6 Å². The Bertz CT molecular complexity index is 1930. The lowest BCUT2D eigenvalue weighted by Gasteiger charge is -2.37. The SMILES string of the molecule is CC1(C)CC(=O)C2=C(C1)Nc1[nH]n(-c3ccccc3)c(=O)c1[C@H]2c1ccc(OC(=O)CN2C(=O)c3ccccc3C2=O)cc1. The van der Waals surface area contributed by atoms with Gasteiger partial charge in [0.1, 0.15) is 18.1 Å². The third-order valence-corrected chi connectivity index (χ3v) is 8.32. The minimum atomic E-state index is -0.775. The summed E-state index contributed by atoms with van der Waals surface area (Å²) < 4.78 is 6.94. The second-order valence-electron chi connectivity index (χ2n) is 12.1. The Kier molecular flexibility index (Phi) is 6.24. The first-order chi connectivity index (χ1) is 21.1. The molecule has 0 radical (unpaired) electrons. The standard InChI is InChI=1S/C34H28N4O6/c1-34(2)16-24-28(25(39)17-34)27(29-30(35-24)36-38(33(29)43)20-8-4-3-5-9-20)19-12-14-21(15-13-19)44-26(40)18-37-31(41)22-10-6-7-11-23(22)32(37)42/h3-15,27,35-36H,16-18H2,1-2H3/t27-/m0/s1. The summed E-state index contributed by atoms with van der Waals surface area (Å²) in [5.41, 5.74) is 3.10. The van der Waals surface area contributed by atoms with Crippen LogP contribution >= 0.6 is 0 Å². The van der Waals surface area contributed by atoms with Crippen LogP contribution in [0.2, 0.25) is 0 Å². The highest BCUT2D eigenvalue weighted by molar-refractivity contribution is 6.22. The van der Waals surface area contributed by atoms with Gasteiger partial charge in [-0.3, -0.25) is 29.2 Å². The second-order valence-corrected chi connectivity index (χ2v) is 12.1.